The molecule has 4 heteroatoms. The van der Waals surface area contributed by atoms with Gasteiger partial charge in [0.05, 0.1) is 0 Å². The Hall–Kier alpha value is -6.78. The molecule has 3 nitrogen and oxygen atoms in total. The number of fused-ring (bicyclic) bond motifs is 11. The number of hydrogen-bond acceptors (Lipinski definition) is 3. The highest BCUT2D eigenvalue weighted by molar-refractivity contribution is 6.99. The molecule has 0 amide bonds. The molecule has 3 unspecified atom stereocenters. The first-order valence-electron chi connectivity index (χ1n) is 31.3. The molecule has 414 valence electrons. The van der Waals surface area contributed by atoms with Gasteiger partial charge < -0.3 is 14.2 Å². The molecule has 1 fully saturated rings. The third-order valence-electron chi connectivity index (χ3n) is 22.8. The molecule has 1 aromatic heterocycles. The fourth-order valence-corrected chi connectivity index (χ4v) is 17.3. The minimum Gasteiger partial charge on any atom is -0.456 e. The molecule has 3 heterocycles. The van der Waals surface area contributed by atoms with Gasteiger partial charge in [-0.25, -0.2) is 0 Å². The molecule has 0 radical (unpaired) electrons. The van der Waals surface area contributed by atoms with E-state index >= 15 is 0 Å². The molecule has 3 atom stereocenters. The number of para-hydroxylation sites is 1. The third-order valence-corrected chi connectivity index (χ3v) is 22.8. The average molecular weight is 1080 g/mol. The SMILES string of the molecule is CC(C)(C)c1cc2c3c(c1)C1(C)CCCCC1(C)CC3c1cc(-c3ccccc3)cc3c1B2c1ccc(N(c2ccc4c(c2)C(C)(C)CCC4(C)C)c2ccc4c(c2)C(C)(C)CCC4(C)C)cc1N3c1ccc2c(c1)oc1ccccc12. The second kappa shape index (κ2) is 17.4. The molecule has 0 saturated heterocycles. The predicted molar refractivity (Wildman–Crippen MR) is 349 cm³/mol. The molecule has 9 aromatic rings. The first-order chi connectivity index (χ1) is 38.9. The minimum absolute atomic E-state index is 0.0286. The van der Waals surface area contributed by atoms with Gasteiger partial charge in [-0.15, -0.1) is 0 Å². The largest absolute Gasteiger partial charge is 0.456 e. The van der Waals surface area contributed by atoms with E-state index in [0.717, 1.165) is 46.9 Å². The lowest BCUT2D eigenvalue weighted by molar-refractivity contribution is 0.0602. The van der Waals surface area contributed by atoms with Gasteiger partial charge in [-0.1, -0.05) is 193 Å². The van der Waals surface area contributed by atoms with Crippen LogP contribution in [0.15, 0.2) is 156 Å². The molecule has 15 rings (SSSR count). The average Bonchev–Trinajstić information content (AvgIpc) is 1.99. The standard InChI is InChI=1S/C78H83BN2O/c1-72(2,3)50-41-63-70-58(47-77(12)33-19-20-34-78(63,77)13)57-39-49(48-21-15-14-16-22-48)40-67-71(57)79(65(70)42-50)64-32-28-53(45-66(64)81(67)54-25-29-56-55-23-17-18-24-68(55)82-69(56)46-54)80(51-26-30-59-61(43-51)75(8,9)37-35-73(59,4)5)52-27-31-60-62(44-52)76(10,11)38-36-74(60,6)7/h14-18,21-32,39-46,58H,19-20,33-38,47H2,1-13H3. The van der Waals surface area contributed by atoms with Gasteiger partial charge in [0.2, 0.25) is 6.71 Å². The number of benzene rings is 8. The number of rotatable bonds is 5. The zero-order valence-corrected chi connectivity index (χ0v) is 51.3. The Labute approximate surface area is 489 Å². The monoisotopic (exact) mass is 1070 g/mol. The second-order valence-electron chi connectivity index (χ2n) is 30.6. The van der Waals surface area contributed by atoms with Crippen molar-refractivity contribution in [3.63, 3.8) is 0 Å². The third kappa shape index (κ3) is 7.53. The maximum atomic E-state index is 6.84. The van der Waals surface area contributed by atoms with E-state index in [4.69, 9.17) is 4.42 Å². The second-order valence-corrected chi connectivity index (χ2v) is 30.6. The quantitative estimate of drug-likeness (QED) is 0.160. The van der Waals surface area contributed by atoms with Gasteiger partial charge in [0.1, 0.15) is 11.2 Å². The fourth-order valence-electron chi connectivity index (χ4n) is 17.3. The van der Waals surface area contributed by atoms with Crippen LogP contribution in [-0.4, -0.2) is 6.71 Å². The summed E-state index contributed by atoms with van der Waals surface area (Å²) in [6.07, 6.45) is 11.0. The molecule has 0 N–H and O–H groups in total. The summed E-state index contributed by atoms with van der Waals surface area (Å²) in [4.78, 5) is 5.29. The van der Waals surface area contributed by atoms with Crippen LogP contribution in [0.2, 0.25) is 0 Å². The highest BCUT2D eigenvalue weighted by Gasteiger charge is 2.57. The van der Waals surface area contributed by atoms with E-state index in [0.29, 0.717) is 0 Å². The van der Waals surface area contributed by atoms with Crippen LogP contribution in [0.25, 0.3) is 33.1 Å². The summed E-state index contributed by atoms with van der Waals surface area (Å²) < 4.78 is 6.84. The Balaban J connectivity index is 1.05. The van der Waals surface area contributed by atoms with E-state index < -0.39 is 0 Å². The first kappa shape index (κ1) is 52.1. The van der Waals surface area contributed by atoms with Crippen LogP contribution in [0, 0.1) is 5.41 Å². The molecule has 8 aromatic carbocycles. The molecule has 0 bridgehead atoms. The Morgan fingerprint density at radius 2 is 1.09 bits per heavy atom. The van der Waals surface area contributed by atoms with Gasteiger partial charge >= 0.3 is 0 Å². The highest BCUT2D eigenvalue weighted by Crippen LogP contribution is 2.63. The first-order valence-corrected chi connectivity index (χ1v) is 31.3. The molecule has 2 aliphatic heterocycles. The molecular formula is C78H83BN2O. The van der Waals surface area contributed by atoms with Crippen molar-refractivity contribution in [2.24, 2.45) is 5.41 Å². The van der Waals surface area contributed by atoms with Crippen molar-refractivity contribution in [2.45, 2.75) is 186 Å². The molecule has 0 spiro atoms. The number of anilines is 6. The van der Waals surface area contributed by atoms with Crippen molar-refractivity contribution >= 4 is 79.2 Å². The van der Waals surface area contributed by atoms with Crippen LogP contribution in [0.3, 0.4) is 0 Å². The highest BCUT2D eigenvalue weighted by atomic mass is 16.3. The van der Waals surface area contributed by atoms with E-state index in [-0.39, 0.29) is 50.5 Å². The van der Waals surface area contributed by atoms with Crippen LogP contribution >= 0.6 is 0 Å². The van der Waals surface area contributed by atoms with Crippen molar-refractivity contribution in [2.75, 3.05) is 9.80 Å². The topological polar surface area (TPSA) is 19.6 Å². The normalized spacial score (nSPS) is 23.1. The van der Waals surface area contributed by atoms with Crippen LogP contribution in [0.4, 0.5) is 34.1 Å². The van der Waals surface area contributed by atoms with Gasteiger partial charge in [0.15, 0.2) is 0 Å². The van der Waals surface area contributed by atoms with Gasteiger partial charge in [0.25, 0.3) is 0 Å². The van der Waals surface area contributed by atoms with Crippen LogP contribution < -0.4 is 26.2 Å². The predicted octanol–water partition coefficient (Wildman–Crippen LogP) is 19.7. The molecule has 4 aliphatic carbocycles. The summed E-state index contributed by atoms with van der Waals surface area (Å²) >= 11 is 0. The van der Waals surface area contributed by atoms with Gasteiger partial charge in [0, 0.05) is 56.9 Å². The van der Waals surface area contributed by atoms with Crippen molar-refractivity contribution in [3.05, 3.63) is 196 Å². The lowest BCUT2D eigenvalue weighted by Gasteiger charge is -2.59. The van der Waals surface area contributed by atoms with Crippen LogP contribution in [0.1, 0.15) is 198 Å². The summed E-state index contributed by atoms with van der Waals surface area (Å²) in [5.41, 5.74) is 28.6. The van der Waals surface area contributed by atoms with E-state index in [1.54, 1.807) is 11.1 Å². The van der Waals surface area contributed by atoms with E-state index in [1.165, 1.54) is 128 Å². The van der Waals surface area contributed by atoms with Gasteiger partial charge in [-0.3, -0.25) is 0 Å². The summed E-state index contributed by atoms with van der Waals surface area (Å²) in [5.74, 6) is 0.274. The van der Waals surface area contributed by atoms with Crippen molar-refractivity contribution in [3.8, 4) is 11.1 Å². The Morgan fingerprint density at radius 3 is 1.76 bits per heavy atom. The smallest absolute Gasteiger partial charge is 0.247 e. The lowest BCUT2D eigenvalue weighted by Crippen LogP contribution is -2.64. The molecule has 82 heavy (non-hydrogen) atoms. The zero-order chi connectivity index (χ0) is 56.8. The fraction of sp³-hybridized carbons (Fsp3) is 0.385. The number of furan rings is 1. The summed E-state index contributed by atoms with van der Waals surface area (Å²) in [6.45, 7) is 32.4. The van der Waals surface area contributed by atoms with E-state index in [2.05, 4.69) is 251 Å². The Kier molecular flexibility index (Phi) is 11.0. The van der Waals surface area contributed by atoms with Crippen molar-refractivity contribution in [1.29, 1.82) is 0 Å². The molecule has 1 saturated carbocycles. The summed E-state index contributed by atoms with van der Waals surface area (Å²) in [7, 11) is 0. The van der Waals surface area contributed by atoms with Crippen molar-refractivity contribution in [1.82, 2.24) is 0 Å². The van der Waals surface area contributed by atoms with Crippen LogP contribution in [-0.2, 0) is 32.5 Å². The maximum Gasteiger partial charge on any atom is 0.247 e. The van der Waals surface area contributed by atoms with Gasteiger partial charge in [-0.2, -0.15) is 0 Å². The number of hydrogen-bond donors (Lipinski definition) is 0. The summed E-state index contributed by atoms with van der Waals surface area (Å²) in [5, 5.41) is 2.30. The zero-order valence-electron chi connectivity index (χ0n) is 51.3. The maximum absolute atomic E-state index is 6.84. The Bertz CT molecular complexity index is 4070. The van der Waals surface area contributed by atoms with Gasteiger partial charge in [-0.05, 0) is 210 Å². The lowest BCUT2D eigenvalue weighted by atomic mass is 9.29. The molecule has 6 aliphatic rings. The van der Waals surface area contributed by atoms with E-state index in [9.17, 15) is 0 Å². The van der Waals surface area contributed by atoms with Crippen LogP contribution in [0.5, 0.6) is 0 Å². The summed E-state index contributed by atoms with van der Waals surface area (Å²) in [6, 6.07) is 60.1. The molecular weight excluding hydrogens is 992 g/mol. The van der Waals surface area contributed by atoms with E-state index in [1.807, 2.05) is 0 Å². The van der Waals surface area contributed by atoms with Crippen molar-refractivity contribution < 1.29 is 4.42 Å². The Morgan fingerprint density at radius 1 is 0.488 bits per heavy atom. The minimum atomic E-state index is -0.0344. The number of nitrogens with zero attached hydrogens (tertiary/aromatic N) is 2.